The number of thiophene rings is 1. The fraction of sp³-hybridized carbons (Fsp3) is 0.292. The summed E-state index contributed by atoms with van der Waals surface area (Å²) >= 11 is 1.12. The number of sulfonamides is 1. The van der Waals surface area contributed by atoms with Gasteiger partial charge >= 0.3 is 0 Å². The van der Waals surface area contributed by atoms with E-state index in [-0.39, 0.29) is 9.77 Å². The molecule has 0 spiro atoms. The monoisotopic (exact) mass is 469 g/mol. The average molecular weight is 470 g/mol. The molecule has 1 fully saturated rings. The highest BCUT2D eigenvalue weighted by Gasteiger charge is 2.24. The Morgan fingerprint density at radius 2 is 1.62 bits per heavy atom. The first kappa shape index (κ1) is 22.5. The number of nitrogens with zero attached hydrogens (tertiary/aromatic N) is 1. The van der Waals surface area contributed by atoms with E-state index in [1.807, 2.05) is 31.2 Å². The molecule has 0 radical (unpaired) electrons. The van der Waals surface area contributed by atoms with E-state index in [9.17, 15) is 13.2 Å². The first-order valence-electron chi connectivity index (χ1n) is 10.7. The Morgan fingerprint density at radius 3 is 2.31 bits per heavy atom. The Morgan fingerprint density at radius 1 is 0.969 bits per heavy atom. The van der Waals surface area contributed by atoms with Crippen molar-refractivity contribution >= 4 is 33.0 Å². The lowest BCUT2D eigenvalue weighted by Crippen LogP contribution is -2.24. The molecule has 1 aliphatic heterocycles. The molecular formula is C24H27N3O3S2. The van der Waals surface area contributed by atoms with Crippen molar-refractivity contribution in [2.24, 2.45) is 0 Å². The number of anilines is 1. The van der Waals surface area contributed by atoms with E-state index in [1.54, 1.807) is 17.5 Å². The van der Waals surface area contributed by atoms with Crippen LogP contribution in [0.2, 0.25) is 0 Å². The van der Waals surface area contributed by atoms with E-state index in [4.69, 9.17) is 0 Å². The van der Waals surface area contributed by atoms with Crippen LogP contribution in [0, 0.1) is 6.92 Å². The first-order chi connectivity index (χ1) is 15.4. The predicted molar refractivity (Wildman–Crippen MR) is 128 cm³/mol. The Kier molecular flexibility index (Phi) is 6.93. The first-order valence-corrected chi connectivity index (χ1v) is 13.0. The molecule has 168 valence electrons. The SMILES string of the molecule is Cc1ccc(NS(=O)(=O)c2ccsc2C(=O)NCc2ccc(CN3CCCC3)cc2)cc1. The number of likely N-dealkylation sites (tertiary alicyclic amines) is 1. The maximum Gasteiger partial charge on any atom is 0.263 e. The molecule has 0 unspecified atom stereocenters. The lowest BCUT2D eigenvalue weighted by atomic mass is 10.1. The van der Waals surface area contributed by atoms with E-state index < -0.39 is 15.9 Å². The maximum atomic E-state index is 12.8. The molecule has 2 aromatic carbocycles. The van der Waals surface area contributed by atoms with Crippen molar-refractivity contribution in [3.8, 4) is 0 Å². The zero-order valence-corrected chi connectivity index (χ0v) is 19.6. The second-order valence-electron chi connectivity index (χ2n) is 8.07. The van der Waals surface area contributed by atoms with Crippen molar-refractivity contribution in [3.05, 3.63) is 81.5 Å². The quantitative estimate of drug-likeness (QED) is 0.513. The van der Waals surface area contributed by atoms with E-state index >= 15 is 0 Å². The van der Waals surface area contributed by atoms with Crippen molar-refractivity contribution in [2.45, 2.75) is 37.8 Å². The largest absolute Gasteiger partial charge is 0.347 e. The predicted octanol–water partition coefficient (Wildman–Crippen LogP) is 4.38. The number of amides is 1. The van der Waals surface area contributed by atoms with Crippen LogP contribution >= 0.6 is 11.3 Å². The molecule has 32 heavy (non-hydrogen) atoms. The highest BCUT2D eigenvalue weighted by Crippen LogP contribution is 2.25. The van der Waals surface area contributed by atoms with Crippen LogP contribution in [0.1, 0.15) is 39.2 Å². The van der Waals surface area contributed by atoms with Crippen LogP contribution in [0.25, 0.3) is 0 Å². The van der Waals surface area contributed by atoms with Gasteiger partial charge in [0.2, 0.25) is 0 Å². The molecule has 2 heterocycles. The van der Waals surface area contributed by atoms with Gasteiger partial charge in [-0.25, -0.2) is 8.42 Å². The highest BCUT2D eigenvalue weighted by molar-refractivity contribution is 7.93. The topological polar surface area (TPSA) is 78.5 Å². The van der Waals surface area contributed by atoms with Crippen LogP contribution < -0.4 is 10.0 Å². The summed E-state index contributed by atoms with van der Waals surface area (Å²) in [6.07, 6.45) is 2.54. The summed E-state index contributed by atoms with van der Waals surface area (Å²) in [5.74, 6) is -0.398. The Balaban J connectivity index is 1.38. The summed E-state index contributed by atoms with van der Waals surface area (Å²) in [6, 6.07) is 16.7. The molecule has 2 N–H and O–H groups in total. The highest BCUT2D eigenvalue weighted by atomic mass is 32.2. The van der Waals surface area contributed by atoms with Crippen LogP contribution in [0.5, 0.6) is 0 Å². The average Bonchev–Trinajstić information content (AvgIpc) is 3.47. The normalized spacial score (nSPS) is 14.4. The van der Waals surface area contributed by atoms with E-state index in [0.717, 1.165) is 42.1 Å². The smallest absolute Gasteiger partial charge is 0.263 e. The molecule has 1 aliphatic rings. The van der Waals surface area contributed by atoms with E-state index in [2.05, 4.69) is 27.1 Å². The van der Waals surface area contributed by atoms with Gasteiger partial charge in [0.1, 0.15) is 9.77 Å². The van der Waals surface area contributed by atoms with Crippen molar-refractivity contribution < 1.29 is 13.2 Å². The number of nitrogens with one attached hydrogen (secondary N) is 2. The second-order valence-corrected chi connectivity index (χ2v) is 10.6. The van der Waals surface area contributed by atoms with Gasteiger partial charge < -0.3 is 5.32 Å². The molecular weight excluding hydrogens is 442 g/mol. The van der Waals surface area contributed by atoms with E-state index in [0.29, 0.717) is 12.2 Å². The Bertz CT molecular complexity index is 1160. The summed E-state index contributed by atoms with van der Waals surface area (Å²) in [4.78, 5) is 15.3. The Labute approximate surface area is 193 Å². The molecule has 0 bridgehead atoms. The van der Waals surface area contributed by atoms with Crippen molar-refractivity contribution in [2.75, 3.05) is 17.8 Å². The second kappa shape index (κ2) is 9.85. The van der Waals surface area contributed by atoms with Crippen molar-refractivity contribution in [3.63, 3.8) is 0 Å². The number of benzene rings is 2. The zero-order valence-electron chi connectivity index (χ0n) is 18.0. The molecule has 3 aromatic rings. The number of carbonyl (C=O) groups excluding carboxylic acids is 1. The van der Waals surface area contributed by atoms with Crippen LogP contribution in [0.3, 0.4) is 0 Å². The third-order valence-corrected chi connectivity index (χ3v) is 7.98. The van der Waals surface area contributed by atoms with Crippen molar-refractivity contribution in [1.29, 1.82) is 0 Å². The minimum atomic E-state index is -3.86. The molecule has 0 aliphatic carbocycles. The lowest BCUT2D eigenvalue weighted by molar-refractivity contribution is 0.0952. The number of hydrogen-bond acceptors (Lipinski definition) is 5. The van der Waals surface area contributed by atoms with Crippen LogP contribution in [-0.4, -0.2) is 32.3 Å². The lowest BCUT2D eigenvalue weighted by Gasteiger charge is -2.14. The standard InChI is InChI=1S/C24H27N3O3S2/c1-18-4-10-21(11-5-18)26-32(29,30)22-12-15-31-23(22)24(28)25-16-19-6-8-20(9-7-19)17-27-13-2-3-14-27/h4-12,15,26H,2-3,13-14,16-17H2,1H3,(H,25,28). The summed E-state index contributed by atoms with van der Waals surface area (Å²) in [6.45, 7) is 5.54. The molecule has 4 rings (SSSR count). The van der Waals surface area contributed by atoms with Gasteiger partial charge in [0.05, 0.1) is 0 Å². The van der Waals surface area contributed by atoms with Crippen LogP contribution in [0.15, 0.2) is 64.9 Å². The molecule has 0 atom stereocenters. The van der Waals surface area contributed by atoms with Gasteiger partial charge in [-0.3, -0.25) is 14.4 Å². The van der Waals surface area contributed by atoms with Gasteiger partial charge in [0.25, 0.3) is 15.9 Å². The number of carbonyl (C=O) groups is 1. The van der Waals surface area contributed by atoms with Gasteiger partial charge in [-0.2, -0.15) is 0 Å². The minimum absolute atomic E-state index is 0.0125. The summed E-state index contributed by atoms with van der Waals surface area (Å²) in [5, 5.41) is 4.46. The third-order valence-electron chi connectivity index (χ3n) is 5.51. The number of hydrogen-bond donors (Lipinski definition) is 2. The molecule has 1 amide bonds. The molecule has 8 heteroatoms. The summed E-state index contributed by atoms with van der Waals surface area (Å²) < 4.78 is 28.2. The van der Waals surface area contributed by atoms with Crippen LogP contribution in [0.4, 0.5) is 5.69 Å². The third kappa shape index (κ3) is 5.56. The fourth-order valence-corrected chi connectivity index (χ4v) is 6.13. The number of aryl methyl sites for hydroxylation is 1. The van der Waals surface area contributed by atoms with E-state index in [1.165, 1.54) is 24.5 Å². The minimum Gasteiger partial charge on any atom is -0.347 e. The van der Waals surface area contributed by atoms with Gasteiger partial charge in [-0.05, 0) is 67.6 Å². The molecule has 1 saturated heterocycles. The van der Waals surface area contributed by atoms with Gasteiger partial charge in [-0.15, -0.1) is 11.3 Å². The van der Waals surface area contributed by atoms with Crippen LogP contribution in [-0.2, 0) is 23.1 Å². The van der Waals surface area contributed by atoms with Crippen molar-refractivity contribution in [1.82, 2.24) is 10.2 Å². The fourth-order valence-electron chi connectivity index (χ4n) is 3.73. The summed E-state index contributed by atoms with van der Waals surface area (Å²) in [5.41, 5.74) is 3.73. The zero-order chi connectivity index (χ0) is 22.6. The van der Waals surface area contributed by atoms with Gasteiger partial charge in [0.15, 0.2) is 0 Å². The van der Waals surface area contributed by atoms with Gasteiger partial charge in [-0.1, -0.05) is 42.0 Å². The van der Waals surface area contributed by atoms with Gasteiger partial charge in [0, 0.05) is 18.8 Å². The molecule has 1 aromatic heterocycles. The molecule has 6 nitrogen and oxygen atoms in total. The maximum absolute atomic E-state index is 12.8. The Hall–Kier alpha value is -2.68. The number of rotatable bonds is 8. The molecule has 0 saturated carbocycles. The summed E-state index contributed by atoms with van der Waals surface area (Å²) in [7, 11) is -3.86.